The molecule has 0 radical (unpaired) electrons. The van der Waals surface area contributed by atoms with Crippen molar-refractivity contribution in [2.75, 3.05) is 14.2 Å². The third-order valence-electron chi connectivity index (χ3n) is 2.06. The average Bonchev–Trinajstić information content (AvgIpc) is 2.40. The van der Waals surface area contributed by atoms with Gasteiger partial charge in [-0.2, -0.15) is 0 Å². The minimum Gasteiger partial charge on any atom is -0.493 e. The summed E-state index contributed by atoms with van der Waals surface area (Å²) in [5, 5.41) is 9.91. The Labute approximate surface area is 98.6 Å². The van der Waals surface area contributed by atoms with Gasteiger partial charge in [-0.3, -0.25) is 4.79 Å². The van der Waals surface area contributed by atoms with E-state index < -0.39 is 0 Å². The molecule has 0 atom stereocenters. The Hall–Kier alpha value is -2.11. The van der Waals surface area contributed by atoms with Crippen LogP contribution in [0.1, 0.15) is 13.8 Å². The Balaban J connectivity index is 0.000000686. The fourth-order valence-corrected chi connectivity index (χ4v) is 1.32. The molecule has 1 aromatic heterocycles. The predicted molar refractivity (Wildman–Crippen MR) is 64.6 cm³/mol. The van der Waals surface area contributed by atoms with Gasteiger partial charge in [0.05, 0.1) is 19.6 Å². The summed E-state index contributed by atoms with van der Waals surface area (Å²) in [6.07, 6.45) is 0. The number of fused-ring (bicyclic) bond motifs is 1. The zero-order valence-corrected chi connectivity index (χ0v) is 10.3. The molecule has 0 fully saturated rings. The molecule has 1 heterocycles. The molecular formula is C11H15N3O3. The Morgan fingerprint density at radius 1 is 1.12 bits per heavy atom. The number of hydrogen-bond acceptors (Lipinski definition) is 5. The van der Waals surface area contributed by atoms with Crippen LogP contribution < -0.4 is 15.0 Å². The molecule has 0 saturated heterocycles. The molecule has 92 valence electrons. The van der Waals surface area contributed by atoms with Crippen LogP contribution in [0.3, 0.4) is 0 Å². The van der Waals surface area contributed by atoms with E-state index in [4.69, 9.17) is 9.47 Å². The van der Waals surface area contributed by atoms with E-state index in [0.717, 1.165) is 0 Å². The number of nitrogens with one attached hydrogen (secondary N) is 1. The normalized spacial score (nSPS) is 9.41. The Morgan fingerprint density at radius 2 is 1.71 bits per heavy atom. The van der Waals surface area contributed by atoms with Crippen molar-refractivity contribution in [2.45, 2.75) is 13.8 Å². The summed E-state index contributed by atoms with van der Waals surface area (Å²) >= 11 is 0. The lowest BCUT2D eigenvalue weighted by Crippen LogP contribution is -2.10. The van der Waals surface area contributed by atoms with E-state index >= 15 is 0 Å². The number of methoxy groups -OCH3 is 2. The van der Waals surface area contributed by atoms with Crippen LogP contribution in [0.15, 0.2) is 16.9 Å². The highest BCUT2D eigenvalue weighted by atomic mass is 16.5. The highest BCUT2D eigenvalue weighted by Crippen LogP contribution is 2.29. The van der Waals surface area contributed by atoms with Crippen molar-refractivity contribution in [3.05, 3.63) is 22.5 Å². The number of benzene rings is 1. The van der Waals surface area contributed by atoms with Crippen LogP contribution in [0.4, 0.5) is 0 Å². The summed E-state index contributed by atoms with van der Waals surface area (Å²) in [7, 11) is 3.02. The smallest absolute Gasteiger partial charge is 0.275 e. The number of H-pyrrole nitrogens is 1. The molecule has 0 unspecified atom stereocenters. The summed E-state index contributed by atoms with van der Waals surface area (Å²) in [4.78, 5) is 11.4. The maximum atomic E-state index is 11.4. The van der Waals surface area contributed by atoms with Gasteiger partial charge in [0.25, 0.3) is 5.56 Å². The minimum absolute atomic E-state index is 0.305. The Kier molecular flexibility index (Phi) is 4.45. The second kappa shape index (κ2) is 5.83. The first-order valence-corrected chi connectivity index (χ1v) is 5.23. The van der Waals surface area contributed by atoms with Crippen molar-refractivity contribution < 1.29 is 9.47 Å². The topological polar surface area (TPSA) is 77.1 Å². The van der Waals surface area contributed by atoms with Crippen molar-refractivity contribution in [2.24, 2.45) is 0 Å². The average molecular weight is 237 g/mol. The highest BCUT2D eigenvalue weighted by molar-refractivity contribution is 5.81. The van der Waals surface area contributed by atoms with E-state index in [0.29, 0.717) is 22.4 Å². The summed E-state index contributed by atoms with van der Waals surface area (Å²) in [5.41, 5.74) is 0.164. The number of aromatic amines is 1. The third-order valence-corrected chi connectivity index (χ3v) is 2.06. The molecule has 0 aliphatic heterocycles. The van der Waals surface area contributed by atoms with Gasteiger partial charge < -0.3 is 9.47 Å². The molecule has 2 rings (SSSR count). The molecule has 0 aliphatic rings. The second-order valence-electron chi connectivity index (χ2n) is 2.87. The van der Waals surface area contributed by atoms with Gasteiger partial charge >= 0.3 is 0 Å². The SMILES string of the molecule is CC.COc1cc2nn[nH]c(=O)c2cc1OC. The van der Waals surface area contributed by atoms with Crippen molar-refractivity contribution in [3.63, 3.8) is 0 Å². The molecule has 1 aromatic carbocycles. The summed E-state index contributed by atoms with van der Waals surface area (Å²) in [6.45, 7) is 4.00. The van der Waals surface area contributed by atoms with Gasteiger partial charge in [0, 0.05) is 6.07 Å². The first-order valence-electron chi connectivity index (χ1n) is 5.23. The molecule has 0 aliphatic carbocycles. The van der Waals surface area contributed by atoms with Crippen LogP contribution in [0, 0.1) is 0 Å². The number of nitrogens with zero attached hydrogens (tertiary/aromatic N) is 2. The first-order chi connectivity index (χ1) is 8.26. The lowest BCUT2D eigenvalue weighted by Gasteiger charge is -2.07. The molecule has 1 N–H and O–H groups in total. The van der Waals surface area contributed by atoms with E-state index in [2.05, 4.69) is 15.4 Å². The van der Waals surface area contributed by atoms with Gasteiger partial charge in [-0.15, -0.1) is 5.10 Å². The highest BCUT2D eigenvalue weighted by Gasteiger charge is 2.08. The van der Waals surface area contributed by atoms with E-state index in [-0.39, 0.29) is 5.56 Å². The zero-order chi connectivity index (χ0) is 12.8. The van der Waals surface area contributed by atoms with Crippen LogP contribution >= 0.6 is 0 Å². The maximum absolute atomic E-state index is 11.4. The van der Waals surface area contributed by atoms with Crippen LogP contribution in [-0.2, 0) is 0 Å². The minimum atomic E-state index is -0.305. The van der Waals surface area contributed by atoms with Gasteiger partial charge in [-0.05, 0) is 6.07 Å². The van der Waals surface area contributed by atoms with Gasteiger partial charge in [-0.1, -0.05) is 19.1 Å². The van der Waals surface area contributed by atoms with Crippen molar-refractivity contribution in [1.29, 1.82) is 0 Å². The fourth-order valence-electron chi connectivity index (χ4n) is 1.32. The quantitative estimate of drug-likeness (QED) is 0.853. The van der Waals surface area contributed by atoms with E-state index in [1.807, 2.05) is 13.8 Å². The van der Waals surface area contributed by atoms with Gasteiger partial charge in [0.1, 0.15) is 5.52 Å². The molecule has 0 spiro atoms. The molecule has 6 nitrogen and oxygen atoms in total. The summed E-state index contributed by atoms with van der Waals surface area (Å²) in [5.74, 6) is 1.01. The van der Waals surface area contributed by atoms with E-state index in [1.54, 1.807) is 12.1 Å². The monoisotopic (exact) mass is 237 g/mol. The van der Waals surface area contributed by atoms with Gasteiger partial charge in [0.15, 0.2) is 11.5 Å². The van der Waals surface area contributed by atoms with Crippen LogP contribution in [-0.4, -0.2) is 29.6 Å². The standard InChI is InChI=1S/C9H9N3O3.C2H6/c1-14-7-3-5-6(4-8(7)15-2)10-12-11-9(5)13;1-2/h3-4H,1-2H3,(H,10,11,13);1-2H3. The molecule has 2 aromatic rings. The Bertz CT molecular complexity index is 551. The van der Waals surface area contributed by atoms with Crippen molar-refractivity contribution >= 4 is 10.9 Å². The van der Waals surface area contributed by atoms with Crippen molar-refractivity contribution in [3.8, 4) is 11.5 Å². The Morgan fingerprint density at radius 3 is 2.29 bits per heavy atom. The molecular weight excluding hydrogens is 222 g/mol. The van der Waals surface area contributed by atoms with E-state index in [9.17, 15) is 4.79 Å². The third kappa shape index (κ3) is 2.52. The summed E-state index contributed by atoms with van der Waals surface area (Å²) < 4.78 is 10.2. The largest absolute Gasteiger partial charge is 0.493 e. The lowest BCUT2D eigenvalue weighted by atomic mass is 10.2. The number of hydrogen-bond donors (Lipinski definition) is 1. The predicted octanol–water partition coefficient (Wildman–Crippen LogP) is 1.36. The summed E-state index contributed by atoms with van der Waals surface area (Å²) in [6, 6.07) is 3.18. The molecule has 6 heteroatoms. The molecule has 0 bridgehead atoms. The van der Waals surface area contributed by atoms with Crippen molar-refractivity contribution in [1.82, 2.24) is 15.4 Å². The number of rotatable bonds is 2. The van der Waals surface area contributed by atoms with E-state index in [1.165, 1.54) is 14.2 Å². The first kappa shape index (κ1) is 13.0. The van der Waals surface area contributed by atoms with Gasteiger partial charge in [-0.25, -0.2) is 5.10 Å². The molecule has 17 heavy (non-hydrogen) atoms. The number of aromatic nitrogens is 3. The second-order valence-corrected chi connectivity index (χ2v) is 2.87. The maximum Gasteiger partial charge on any atom is 0.275 e. The molecule has 0 saturated carbocycles. The lowest BCUT2D eigenvalue weighted by molar-refractivity contribution is 0.355. The number of ether oxygens (including phenoxy) is 2. The zero-order valence-electron chi connectivity index (χ0n) is 10.3. The van der Waals surface area contributed by atoms with Crippen LogP contribution in [0.25, 0.3) is 10.9 Å². The van der Waals surface area contributed by atoms with Crippen LogP contribution in [0.2, 0.25) is 0 Å². The fraction of sp³-hybridized carbons (Fsp3) is 0.364. The van der Waals surface area contributed by atoms with Gasteiger partial charge in [0.2, 0.25) is 0 Å². The molecule has 0 amide bonds. The van der Waals surface area contributed by atoms with Crippen LogP contribution in [0.5, 0.6) is 11.5 Å².